The maximum Gasteiger partial charge on any atom is 0.191 e. The van der Waals surface area contributed by atoms with Gasteiger partial charge >= 0.3 is 0 Å². The van der Waals surface area contributed by atoms with Crippen LogP contribution in [0.15, 0.2) is 41.5 Å². The molecule has 124 valence electrons. The number of hydrogen-bond acceptors (Lipinski definition) is 4. The second-order valence-corrected chi connectivity index (χ2v) is 4.80. The summed E-state index contributed by atoms with van der Waals surface area (Å²) in [5.41, 5.74) is 1.91. The number of benzene rings is 1. The normalized spacial score (nSPS) is 11.3. The Hall–Kier alpha value is -2.54. The van der Waals surface area contributed by atoms with Crippen LogP contribution < -0.4 is 15.4 Å². The maximum atomic E-state index is 5.16. The summed E-state index contributed by atoms with van der Waals surface area (Å²) in [6.07, 6.45) is 1.93. The maximum absolute atomic E-state index is 5.16. The minimum atomic E-state index is 0.593. The fraction of sp³-hybridized carbons (Fsp3) is 0.375. The van der Waals surface area contributed by atoms with Crippen molar-refractivity contribution in [3.63, 3.8) is 0 Å². The SMILES string of the molecule is CN=C(NCCOC)NCc1ccn(-c2ccc(OC)cc2)n1. The molecule has 23 heavy (non-hydrogen) atoms. The van der Waals surface area contributed by atoms with Gasteiger partial charge in [0.15, 0.2) is 5.96 Å². The van der Waals surface area contributed by atoms with E-state index in [1.807, 2.05) is 41.2 Å². The molecule has 0 aliphatic heterocycles. The largest absolute Gasteiger partial charge is 0.497 e. The monoisotopic (exact) mass is 317 g/mol. The first-order valence-corrected chi connectivity index (χ1v) is 7.39. The molecule has 1 aromatic heterocycles. The molecule has 2 rings (SSSR count). The summed E-state index contributed by atoms with van der Waals surface area (Å²) in [5, 5.41) is 10.9. The van der Waals surface area contributed by atoms with E-state index >= 15 is 0 Å². The van der Waals surface area contributed by atoms with Gasteiger partial charge in [-0.3, -0.25) is 4.99 Å². The van der Waals surface area contributed by atoms with Gasteiger partial charge < -0.3 is 20.1 Å². The molecule has 0 fully saturated rings. The zero-order chi connectivity index (χ0) is 16.5. The Morgan fingerprint density at radius 2 is 1.96 bits per heavy atom. The van der Waals surface area contributed by atoms with Crippen molar-refractivity contribution < 1.29 is 9.47 Å². The Labute approximate surface area is 136 Å². The van der Waals surface area contributed by atoms with E-state index in [1.54, 1.807) is 21.3 Å². The van der Waals surface area contributed by atoms with Crippen molar-refractivity contribution in [2.45, 2.75) is 6.54 Å². The van der Waals surface area contributed by atoms with Crippen LogP contribution >= 0.6 is 0 Å². The fourth-order valence-corrected chi connectivity index (χ4v) is 2.00. The van der Waals surface area contributed by atoms with Crippen molar-refractivity contribution in [3.05, 3.63) is 42.2 Å². The number of ether oxygens (including phenoxy) is 2. The van der Waals surface area contributed by atoms with Crippen molar-refractivity contribution in [2.24, 2.45) is 4.99 Å². The molecule has 0 saturated heterocycles. The quantitative estimate of drug-likeness (QED) is 0.456. The van der Waals surface area contributed by atoms with Crippen LogP contribution in [-0.4, -0.2) is 50.2 Å². The molecule has 0 bridgehead atoms. The smallest absolute Gasteiger partial charge is 0.191 e. The molecule has 0 spiro atoms. The summed E-state index contributed by atoms with van der Waals surface area (Å²) < 4.78 is 12.0. The lowest BCUT2D eigenvalue weighted by Gasteiger charge is -2.10. The molecule has 0 saturated carbocycles. The molecular formula is C16H23N5O2. The highest BCUT2D eigenvalue weighted by Crippen LogP contribution is 2.14. The summed E-state index contributed by atoms with van der Waals surface area (Å²) >= 11 is 0. The molecule has 0 aliphatic carbocycles. The first-order chi connectivity index (χ1) is 11.3. The molecule has 0 unspecified atom stereocenters. The molecule has 1 aromatic carbocycles. The minimum Gasteiger partial charge on any atom is -0.497 e. The van der Waals surface area contributed by atoms with Gasteiger partial charge in [-0.15, -0.1) is 0 Å². The summed E-state index contributed by atoms with van der Waals surface area (Å²) in [6.45, 7) is 1.93. The number of hydrogen-bond donors (Lipinski definition) is 2. The second-order valence-electron chi connectivity index (χ2n) is 4.80. The third-order valence-corrected chi connectivity index (χ3v) is 3.24. The van der Waals surface area contributed by atoms with Crippen LogP contribution in [-0.2, 0) is 11.3 Å². The Balaban J connectivity index is 1.91. The summed E-state index contributed by atoms with van der Waals surface area (Å²) in [6, 6.07) is 9.73. The van der Waals surface area contributed by atoms with Gasteiger partial charge in [0.2, 0.25) is 0 Å². The summed E-state index contributed by atoms with van der Waals surface area (Å²) in [4.78, 5) is 4.15. The van der Waals surface area contributed by atoms with E-state index in [0.717, 1.165) is 23.1 Å². The highest BCUT2D eigenvalue weighted by molar-refractivity contribution is 5.79. The van der Waals surface area contributed by atoms with Crippen LogP contribution in [0.3, 0.4) is 0 Å². The molecule has 7 heteroatoms. The fourth-order valence-electron chi connectivity index (χ4n) is 2.00. The van der Waals surface area contributed by atoms with E-state index in [9.17, 15) is 0 Å². The van der Waals surface area contributed by atoms with Crippen molar-refractivity contribution in [2.75, 3.05) is 34.4 Å². The lowest BCUT2D eigenvalue weighted by atomic mass is 10.3. The average Bonchev–Trinajstić information content (AvgIpc) is 3.07. The Morgan fingerprint density at radius 3 is 2.61 bits per heavy atom. The van der Waals surface area contributed by atoms with Gasteiger partial charge in [-0.1, -0.05) is 0 Å². The highest BCUT2D eigenvalue weighted by Gasteiger charge is 2.03. The number of rotatable bonds is 7. The van der Waals surface area contributed by atoms with Gasteiger partial charge in [-0.05, 0) is 30.3 Å². The Kier molecular flexibility index (Phi) is 6.43. The summed E-state index contributed by atoms with van der Waals surface area (Å²) in [5.74, 6) is 1.55. The van der Waals surface area contributed by atoms with Crippen molar-refractivity contribution in [3.8, 4) is 11.4 Å². The van der Waals surface area contributed by atoms with Crippen LogP contribution in [0.1, 0.15) is 5.69 Å². The molecule has 0 aliphatic rings. The first kappa shape index (κ1) is 16.8. The van der Waals surface area contributed by atoms with E-state index in [4.69, 9.17) is 9.47 Å². The van der Waals surface area contributed by atoms with Gasteiger partial charge in [0, 0.05) is 26.9 Å². The van der Waals surface area contributed by atoms with Crippen LogP contribution in [0.4, 0.5) is 0 Å². The van der Waals surface area contributed by atoms with Crippen LogP contribution in [0.5, 0.6) is 5.75 Å². The number of aromatic nitrogens is 2. The third kappa shape index (κ3) is 5.00. The van der Waals surface area contributed by atoms with E-state index in [1.165, 1.54) is 0 Å². The van der Waals surface area contributed by atoms with Gasteiger partial charge in [0.05, 0.1) is 31.6 Å². The van der Waals surface area contributed by atoms with Gasteiger partial charge in [0.25, 0.3) is 0 Å². The zero-order valence-corrected chi connectivity index (χ0v) is 13.7. The second kappa shape index (κ2) is 8.79. The zero-order valence-electron chi connectivity index (χ0n) is 13.7. The van der Waals surface area contributed by atoms with Gasteiger partial charge in [-0.25, -0.2) is 4.68 Å². The van der Waals surface area contributed by atoms with Crippen LogP contribution in [0, 0.1) is 0 Å². The molecule has 2 aromatic rings. The lowest BCUT2D eigenvalue weighted by Crippen LogP contribution is -2.38. The Bertz CT molecular complexity index is 622. The summed E-state index contributed by atoms with van der Waals surface area (Å²) in [7, 11) is 5.06. The van der Waals surface area contributed by atoms with Crippen molar-refractivity contribution in [1.82, 2.24) is 20.4 Å². The Morgan fingerprint density at radius 1 is 1.17 bits per heavy atom. The number of aliphatic imine (C=N–C) groups is 1. The molecule has 1 heterocycles. The number of nitrogens with one attached hydrogen (secondary N) is 2. The van der Waals surface area contributed by atoms with E-state index < -0.39 is 0 Å². The number of nitrogens with zero attached hydrogens (tertiary/aromatic N) is 3. The van der Waals surface area contributed by atoms with Crippen molar-refractivity contribution in [1.29, 1.82) is 0 Å². The number of methoxy groups -OCH3 is 2. The van der Waals surface area contributed by atoms with E-state index in [-0.39, 0.29) is 0 Å². The first-order valence-electron chi connectivity index (χ1n) is 7.39. The predicted octanol–water partition coefficient (Wildman–Crippen LogP) is 1.19. The van der Waals surface area contributed by atoms with Gasteiger partial charge in [0.1, 0.15) is 5.75 Å². The minimum absolute atomic E-state index is 0.593. The van der Waals surface area contributed by atoms with Crippen LogP contribution in [0.2, 0.25) is 0 Å². The topological polar surface area (TPSA) is 72.7 Å². The highest BCUT2D eigenvalue weighted by atomic mass is 16.5. The number of guanidine groups is 1. The molecule has 7 nitrogen and oxygen atoms in total. The van der Waals surface area contributed by atoms with E-state index in [0.29, 0.717) is 19.7 Å². The van der Waals surface area contributed by atoms with Gasteiger partial charge in [-0.2, -0.15) is 5.10 Å². The standard InChI is InChI=1S/C16H23N5O2/c1-17-16(18-9-11-22-2)19-12-13-8-10-21(20-13)14-4-6-15(23-3)7-5-14/h4-8,10H,9,11-12H2,1-3H3,(H2,17,18,19). The third-order valence-electron chi connectivity index (χ3n) is 3.24. The molecule has 0 amide bonds. The molecular weight excluding hydrogens is 294 g/mol. The average molecular weight is 317 g/mol. The molecule has 0 atom stereocenters. The van der Waals surface area contributed by atoms with Crippen molar-refractivity contribution >= 4 is 5.96 Å². The molecule has 0 radical (unpaired) electrons. The molecule has 2 N–H and O–H groups in total. The predicted molar refractivity (Wildman–Crippen MR) is 90.2 cm³/mol. The van der Waals surface area contributed by atoms with E-state index in [2.05, 4.69) is 20.7 Å². The van der Waals surface area contributed by atoms with Crippen LogP contribution in [0.25, 0.3) is 5.69 Å². The lowest BCUT2D eigenvalue weighted by molar-refractivity contribution is 0.203.